The van der Waals surface area contributed by atoms with Gasteiger partial charge in [-0.05, 0) is 36.4 Å². The van der Waals surface area contributed by atoms with Gasteiger partial charge in [0, 0.05) is 5.39 Å². The number of pyridine rings is 1. The zero-order valence-corrected chi connectivity index (χ0v) is 9.67. The smallest absolute Gasteiger partial charge is 0.354 e. The predicted molar refractivity (Wildman–Crippen MR) is 63.2 cm³/mol. The van der Waals surface area contributed by atoms with E-state index in [4.69, 9.17) is 16.7 Å². The lowest BCUT2D eigenvalue weighted by Gasteiger charge is -2.07. The Kier molecular flexibility index (Phi) is 2.56. The fraction of sp³-hybridized carbons (Fsp3) is 0.167. The molecule has 2 aromatic rings. The van der Waals surface area contributed by atoms with Crippen LogP contribution in [-0.4, -0.2) is 16.1 Å². The first-order valence-corrected chi connectivity index (χ1v) is 5.18. The maximum atomic E-state index is 10.9. The molecule has 1 heterocycles. The molecule has 0 aliphatic heterocycles. The molecule has 1 aromatic carbocycles. The topological polar surface area (TPSA) is 50.2 Å². The molecule has 3 nitrogen and oxygen atoms in total. The Morgan fingerprint density at radius 3 is 2.62 bits per heavy atom. The molecule has 2 rings (SSSR count). The molecule has 0 atom stereocenters. The average molecular weight is 236 g/mol. The third-order valence-electron chi connectivity index (χ3n) is 2.73. The normalized spacial score (nSPS) is 10.7. The summed E-state index contributed by atoms with van der Waals surface area (Å²) in [6.45, 7) is 3.92. The van der Waals surface area contributed by atoms with E-state index in [1.165, 1.54) is 0 Å². The highest BCUT2D eigenvalue weighted by molar-refractivity contribution is 6.34. The van der Waals surface area contributed by atoms with Gasteiger partial charge < -0.3 is 5.11 Å². The second-order valence-electron chi connectivity index (χ2n) is 3.71. The molecular weight excluding hydrogens is 226 g/mol. The van der Waals surface area contributed by atoms with Gasteiger partial charge in [0.1, 0.15) is 5.15 Å². The number of carbonyl (C=O) groups is 1. The predicted octanol–water partition coefficient (Wildman–Crippen LogP) is 3.20. The summed E-state index contributed by atoms with van der Waals surface area (Å²) in [5.74, 6) is -1.07. The Morgan fingerprint density at radius 1 is 1.31 bits per heavy atom. The van der Waals surface area contributed by atoms with E-state index in [1.807, 2.05) is 26.0 Å². The van der Waals surface area contributed by atoms with Gasteiger partial charge in [0.05, 0.1) is 0 Å². The van der Waals surface area contributed by atoms with Crippen LogP contribution in [0.25, 0.3) is 10.8 Å². The van der Waals surface area contributed by atoms with Crippen molar-refractivity contribution in [2.75, 3.05) is 0 Å². The first kappa shape index (κ1) is 10.9. The molecule has 0 aliphatic carbocycles. The molecule has 82 valence electrons. The molecule has 1 aromatic heterocycles. The Hall–Kier alpha value is -1.61. The first-order valence-electron chi connectivity index (χ1n) is 4.80. The lowest BCUT2D eigenvalue weighted by atomic mass is 10.0. The summed E-state index contributed by atoms with van der Waals surface area (Å²) in [5, 5.41) is 10.8. The number of carboxylic acid groups (broad SMARTS) is 1. The molecular formula is C12H10ClNO2. The van der Waals surface area contributed by atoms with Gasteiger partial charge in [0.15, 0.2) is 5.69 Å². The number of aryl methyl sites for hydroxylation is 2. The van der Waals surface area contributed by atoms with Gasteiger partial charge in [-0.2, -0.15) is 0 Å². The number of rotatable bonds is 1. The molecule has 0 amide bonds. The number of benzene rings is 1. The van der Waals surface area contributed by atoms with Crippen LogP contribution in [-0.2, 0) is 0 Å². The molecule has 0 radical (unpaired) electrons. The molecule has 0 saturated carbocycles. The van der Waals surface area contributed by atoms with E-state index in [2.05, 4.69) is 4.98 Å². The number of aromatic nitrogens is 1. The summed E-state index contributed by atoms with van der Waals surface area (Å²) in [6.07, 6.45) is 0. The van der Waals surface area contributed by atoms with Gasteiger partial charge >= 0.3 is 5.97 Å². The summed E-state index contributed by atoms with van der Waals surface area (Å²) in [4.78, 5) is 14.7. The number of halogens is 1. The van der Waals surface area contributed by atoms with Crippen LogP contribution >= 0.6 is 11.6 Å². The number of hydrogen-bond donors (Lipinski definition) is 1. The molecule has 0 bridgehead atoms. The number of aromatic carboxylic acids is 1. The van der Waals surface area contributed by atoms with Gasteiger partial charge in [-0.25, -0.2) is 9.78 Å². The van der Waals surface area contributed by atoms with Gasteiger partial charge in [0.2, 0.25) is 0 Å². The van der Waals surface area contributed by atoms with E-state index in [1.54, 1.807) is 6.07 Å². The van der Waals surface area contributed by atoms with Crippen molar-refractivity contribution in [1.82, 2.24) is 4.98 Å². The standard InChI is InChI=1S/C12H10ClNO2/c1-6-3-4-8-9(7(6)2)5-10(12(15)16)14-11(8)13/h3-5H,1-2H3,(H,15,16). The highest BCUT2D eigenvalue weighted by atomic mass is 35.5. The van der Waals surface area contributed by atoms with Crippen LogP contribution < -0.4 is 0 Å². The second kappa shape index (κ2) is 3.76. The van der Waals surface area contributed by atoms with Crippen LogP contribution in [0.5, 0.6) is 0 Å². The summed E-state index contributed by atoms with van der Waals surface area (Å²) >= 11 is 5.96. The van der Waals surface area contributed by atoms with E-state index < -0.39 is 5.97 Å². The molecule has 0 spiro atoms. The Labute approximate surface area is 97.7 Å². The maximum Gasteiger partial charge on any atom is 0.354 e. The fourth-order valence-electron chi connectivity index (χ4n) is 1.65. The molecule has 0 saturated heterocycles. The van der Waals surface area contributed by atoms with Gasteiger partial charge in [-0.3, -0.25) is 0 Å². The van der Waals surface area contributed by atoms with E-state index in [0.717, 1.165) is 21.9 Å². The maximum absolute atomic E-state index is 10.9. The van der Waals surface area contributed by atoms with Crippen LogP contribution in [0, 0.1) is 13.8 Å². The quantitative estimate of drug-likeness (QED) is 0.773. The van der Waals surface area contributed by atoms with Crippen molar-refractivity contribution in [3.63, 3.8) is 0 Å². The highest BCUT2D eigenvalue weighted by Crippen LogP contribution is 2.27. The third kappa shape index (κ3) is 1.63. The molecule has 16 heavy (non-hydrogen) atoms. The minimum absolute atomic E-state index is 0.0220. The summed E-state index contributed by atoms with van der Waals surface area (Å²) in [7, 11) is 0. The molecule has 0 fully saturated rings. The van der Waals surface area contributed by atoms with E-state index in [9.17, 15) is 4.79 Å². The second-order valence-corrected chi connectivity index (χ2v) is 4.06. The molecule has 1 N–H and O–H groups in total. The fourth-order valence-corrected chi connectivity index (χ4v) is 1.90. The minimum atomic E-state index is -1.07. The van der Waals surface area contributed by atoms with Crippen LogP contribution in [0.1, 0.15) is 21.6 Å². The van der Waals surface area contributed by atoms with Crippen molar-refractivity contribution in [3.8, 4) is 0 Å². The number of carboxylic acids is 1. The van der Waals surface area contributed by atoms with E-state index >= 15 is 0 Å². The molecule has 0 unspecified atom stereocenters. The zero-order valence-electron chi connectivity index (χ0n) is 8.91. The van der Waals surface area contributed by atoms with Crippen molar-refractivity contribution in [2.45, 2.75) is 13.8 Å². The Balaban J connectivity index is 2.88. The van der Waals surface area contributed by atoms with Gasteiger partial charge in [-0.1, -0.05) is 23.7 Å². The van der Waals surface area contributed by atoms with Crippen molar-refractivity contribution in [1.29, 1.82) is 0 Å². The van der Waals surface area contributed by atoms with Crippen LogP contribution in [0.3, 0.4) is 0 Å². The van der Waals surface area contributed by atoms with Crippen LogP contribution in [0.15, 0.2) is 18.2 Å². The van der Waals surface area contributed by atoms with Crippen LogP contribution in [0.2, 0.25) is 5.15 Å². The summed E-state index contributed by atoms with van der Waals surface area (Å²) in [5.41, 5.74) is 2.11. The zero-order chi connectivity index (χ0) is 11.9. The minimum Gasteiger partial charge on any atom is -0.477 e. The SMILES string of the molecule is Cc1ccc2c(Cl)nc(C(=O)O)cc2c1C. The van der Waals surface area contributed by atoms with Gasteiger partial charge in [-0.15, -0.1) is 0 Å². The van der Waals surface area contributed by atoms with Crippen molar-refractivity contribution in [3.05, 3.63) is 40.2 Å². The number of nitrogens with zero attached hydrogens (tertiary/aromatic N) is 1. The lowest BCUT2D eigenvalue weighted by Crippen LogP contribution is -2.01. The van der Waals surface area contributed by atoms with E-state index in [0.29, 0.717) is 0 Å². The highest BCUT2D eigenvalue weighted by Gasteiger charge is 2.11. The summed E-state index contributed by atoms with van der Waals surface area (Å²) in [6, 6.07) is 5.37. The average Bonchev–Trinajstić information content (AvgIpc) is 2.23. The van der Waals surface area contributed by atoms with Gasteiger partial charge in [0.25, 0.3) is 0 Å². The summed E-state index contributed by atoms with van der Waals surface area (Å²) < 4.78 is 0. The number of fused-ring (bicyclic) bond motifs is 1. The first-order chi connectivity index (χ1) is 7.50. The monoisotopic (exact) mass is 235 g/mol. The van der Waals surface area contributed by atoms with E-state index in [-0.39, 0.29) is 10.8 Å². The Morgan fingerprint density at radius 2 is 2.00 bits per heavy atom. The van der Waals surface area contributed by atoms with Crippen molar-refractivity contribution in [2.24, 2.45) is 0 Å². The lowest BCUT2D eigenvalue weighted by molar-refractivity contribution is 0.0690. The largest absolute Gasteiger partial charge is 0.477 e. The molecule has 0 aliphatic rings. The number of hydrogen-bond acceptors (Lipinski definition) is 2. The van der Waals surface area contributed by atoms with Crippen molar-refractivity contribution < 1.29 is 9.90 Å². The molecule has 4 heteroatoms. The van der Waals surface area contributed by atoms with Crippen LogP contribution in [0.4, 0.5) is 0 Å². The Bertz CT molecular complexity index is 593. The third-order valence-corrected chi connectivity index (χ3v) is 3.01. The van der Waals surface area contributed by atoms with Crippen molar-refractivity contribution >= 4 is 28.3 Å².